The molecule has 0 aliphatic rings. The highest BCUT2D eigenvalue weighted by Crippen LogP contribution is 2.18. The third kappa shape index (κ3) is 4.81. The molecule has 5 nitrogen and oxygen atoms in total. The fraction of sp³-hybridized carbons (Fsp3) is 0.417. The van der Waals surface area contributed by atoms with Gasteiger partial charge in [0.15, 0.2) is 0 Å². The topological polar surface area (TPSA) is 74.7 Å². The van der Waals surface area contributed by atoms with Crippen molar-refractivity contribution in [1.82, 2.24) is 4.31 Å². The predicted octanol–water partition coefficient (Wildman–Crippen LogP) is 1.97. The molecule has 1 rings (SSSR count). The first-order chi connectivity index (χ1) is 8.86. The standard InChI is InChI=1S/C12H16ClNO4S/c1-2-14(19(17,18)8-7-12(15)16)9-10-5-3-4-6-11(10)13/h3-6H,2,7-9H2,1H3,(H,15,16). The van der Waals surface area contributed by atoms with Crippen LogP contribution < -0.4 is 0 Å². The lowest BCUT2D eigenvalue weighted by atomic mass is 10.2. The zero-order valence-corrected chi connectivity index (χ0v) is 12.1. The summed E-state index contributed by atoms with van der Waals surface area (Å²) in [4.78, 5) is 10.5. The Hall–Kier alpha value is -1.11. The number of benzene rings is 1. The van der Waals surface area contributed by atoms with Crippen LogP contribution in [-0.2, 0) is 21.4 Å². The molecule has 0 aliphatic heterocycles. The number of aliphatic carboxylic acids is 1. The molecule has 0 amide bonds. The van der Waals surface area contributed by atoms with E-state index in [1.807, 2.05) is 0 Å². The van der Waals surface area contributed by atoms with Gasteiger partial charge in [-0.1, -0.05) is 36.7 Å². The molecule has 0 bridgehead atoms. The maximum atomic E-state index is 12.0. The van der Waals surface area contributed by atoms with Crippen LogP contribution in [0, 0.1) is 0 Å². The summed E-state index contributed by atoms with van der Waals surface area (Å²) in [6.07, 6.45) is -0.401. The fourth-order valence-electron chi connectivity index (χ4n) is 1.57. The van der Waals surface area contributed by atoms with Crippen LogP contribution in [0.4, 0.5) is 0 Å². The number of carboxylic acids is 1. The summed E-state index contributed by atoms with van der Waals surface area (Å²) in [5.41, 5.74) is 0.699. The summed E-state index contributed by atoms with van der Waals surface area (Å²) in [7, 11) is -3.59. The van der Waals surface area contributed by atoms with Gasteiger partial charge in [-0.25, -0.2) is 8.42 Å². The predicted molar refractivity (Wildman–Crippen MR) is 73.6 cm³/mol. The number of sulfonamides is 1. The number of rotatable bonds is 7. The summed E-state index contributed by atoms with van der Waals surface area (Å²) in [6.45, 7) is 2.13. The molecular weight excluding hydrogens is 290 g/mol. The van der Waals surface area contributed by atoms with Crippen molar-refractivity contribution in [2.75, 3.05) is 12.3 Å². The van der Waals surface area contributed by atoms with E-state index in [1.165, 1.54) is 4.31 Å². The van der Waals surface area contributed by atoms with Crippen molar-refractivity contribution >= 4 is 27.6 Å². The first-order valence-electron chi connectivity index (χ1n) is 5.80. The Labute approximate surface area is 117 Å². The molecule has 1 aromatic carbocycles. The van der Waals surface area contributed by atoms with Crippen molar-refractivity contribution in [3.05, 3.63) is 34.9 Å². The Balaban J connectivity index is 2.83. The van der Waals surface area contributed by atoms with Gasteiger partial charge in [-0.05, 0) is 11.6 Å². The maximum absolute atomic E-state index is 12.0. The molecule has 0 aliphatic carbocycles. The van der Waals surface area contributed by atoms with Crippen molar-refractivity contribution < 1.29 is 18.3 Å². The van der Waals surface area contributed by atoms with Gasteiger partial charge in [0.2, 0.25) is 10.0 Å². The zero-order chi connectivity index (χ0) is 14.5. The van der Waals surface area contributed by atoms with Crippen molar-refractivity contribution in [3.8, 4) is 0 Å². The van der Waals surface area contributed by atoms with Crippen LogP contribution in [-0.4, -0.2) is 36.1 Å². The van der Waals surface area contributed by atoms with E-state index >= 15 is 0 Å². The quantitative estimate of drug-likeness (QED) is 0.835. The monoisotopic (exact) mass is 305 g/mol. The molecule has 0 aromatic heterocycles. The Morgan fingerprint density at radius 3 is 2.53 bits per heavy atom. The lowest BCUT2D eigenvalue weighted by Gasteiger charge is -2.20. The van der Waals surface area contributed by atoms with Crippen molar-refractivity contribution in [3.63, 3.8) is 0 Å². The number of halogens is 1. The number of nitrogens with zero attached hydrogens (tertiary/aromatic N) is 1. The molecule has 0 atom stereocenters. The van der Waals surface area contributed by atoms with Gasteiger partial charge in [0.25, 0.3) is 0 Å². The first-order valence-corrected chi connectivity index (χ1v) is 7.78. The molecular formula is C12H16ClNO4S. The zero-order valence-electron chi connectivity index (χ0n) is 10.5. The highest BCUT2D eigenvalue weighted by molar-refractivity contribution is 7.89. The lowest BCUT2D eigenvalue weighted by Crippen LogP contribution is -2.33. The summed E-state index contributed by atoms with van der Waals surface area (Å²) >= 11 is 5.99. The van der Waals surface area contributed by atoms with Crippen molar-refractivity contribution in [1.29, 1.82) is 0 Å². The molecule has 1 aromatic rings. The van der Waals surface area contributed by atoms with Gasteiger partial charge in [0, 0.05) is 18.1 Å². The van der Waals surface area contributed by atoms with Crippen LogP contribution in [0.2, 0.25) is 5.02 Å². The van der Waals surface area contributed by atoms with Gasteiger partial charge in [0.05, 0.1) is 12.2 Å². The van der Waals surface area contributed by atoms with E-state index in [-0.39, 0.29) is 13.1 Å². The van der Waals surface area contributed by atoms with Crippen molar-refractivity contribution in [2.24, 2.45) is 0 Å². The number of carbonyl (C=O) groups is 1. The van der Waals surface area contributed by atoms with Gasteiger partial charge in [-0.15, -0.1) is 0 Å². The van der Waals surface area contributed by atoms with Gasteiger partial charge in [-0.2, -0.15) is 4.31 Å². The molecule has 1 N–H and O–H groups in total. The van der Waals surface area contributed by atoms with Crippen LogP contribution in [0.1, 0.15) is 18.9 Å². The molecule has 0 fully saturated rings. The van der Waals surface area contributed by atoms with E-state index in [4.69, 9.17) is 16.7 Å². The summed E-state index contributed by atoms with van der Waals surface area (Å²) in [5.74, 6) is -1.53. The first kappa shape index (κ1) is 15.9. The second-order valence-corrected chi connectivity index (χ2v) is 6.47. The van der Waals surface area contributed by atoms with Crippen LogP contribution in [0.15, 0.2) is 24.3 Å². The average molecular weight is 306 g/mol. The highest BCUT2D eigenvalue weighted by Gasteiger charge is 2.22. The Bertz CT molecular complexity index is 544. The molecule has 19 heavy (non-hydrogen) atoms. The molecule has 0 saturated heterocycles. The Morgan fingerprint density at radius 1 is 1.37 bits per heavy atom. The molecule has 0 saturated carbocycles. The number of hydrogen-bond donors (Lipinski definition) is 1. The SMILES string of the molecule is CCN(Cc1ccccc1Cl)S(=O)(=O)CCC(=O)O. The lowest BCUT2D eigenvalue weighted by molar-refractivity contribution is -0.136. The minimum absolute atomic E-state index is 0.151. The molecule has 0 spiro atoms. The average Bonchev–Trinajstić information content (AvgIpc) is 2.35. The summed E-state index contributed by atoms with van der Waals surface area (Å²) in [5, 5.41) is 9.06. The Kier molecular flexibility index (Phi) is 5.78. The van der Waals surface area contributed by atoms with Crippen LogP contribution in [0.5, 0.6) is 0 Å². The fourth-order valence-corrected chi connectivity index (χ4v) is 3.18. The van der Waals surface area contributed by atoms with Gasteiger partial charge in [0.1, 0.15) is 0 Å². The second-order valence-electron chi connectivity index (χ2n) is 3.98. The van der Waals surface area contributed by atoms with Crippen LogP contribution >= 0.6 is 11.6 Å². The van der Waals surface area contributed by atoms with E-state index in [9.17, 15) is 13.2 Å². The van der Waals surface area contributed by atoms with Gasteiger partial charge >= 0.3 is 5.97 Å². The van der Waals surface area contributed by atoms with Crippen LogP contribution in [0.3, 0.4) is 0 Å². The van der Waals surface area contributed by atoms with Crippen molar-refractivity contribution in [2.45, 2.75) is 19.9 Å². The molecule has 0 unspecified atom stereocenters. The Morgan fingerprint density at radius 2 is 2.00 bits per heavy atom. The van der Waals surface area contributed by atoms with E-state index in [0.717, 1.165) is 0 Å². The van der Waals surface area contributed by atoms with Gasteiger partial charge < -0.3 is 5.11 Å². The van der Waals surface area contributed by atoms with E-state index in [1.54, 1.807) is 31.2 Å². The third-order valence-corrected chi connectivity index (χ3v) is 4.89. The maximum Gasteiger partial charge on any atom is 0.304 e. The molecule has 106 valence electrons. The molecule has 0 radical (unpaired) electrons. The van der Waals surface area contributed by atoms with E-state index in [0.29, 0.717) is 10.6 Å². The van der Waals surface area contributed by atoms with E-state index < -0.39 is 28.2 Å². The third-order valence-electron chi connectivity index (χ3n) is 2.62. The second kappa shape index (κ2) is 6.88. The summed E-state index contributed by atoms with van der Waals surface area (Å²) < 4.78 is 25.2. The highest BCUT2D eigenvalue weighted by atomic mass is 35.5. The van der Waals surface area contributed by atoms with Gasteiger partial charge in [-0.3, -0.25) is 4.79 Å². The summed E-state index contributed by atoms with van der Waals surface area (Å²) in [6, 6.07) is 6.98. The molecule has 7 heteroatoms. The molecule has 0 heterocycles. The minimum atomic E-state index is -3.59. The number of hydrogen-bond acceptors (Lipinski definition) is 3. The normalized spacial score (nSPS) is 11.7. The number of carboxylic acid groups (broad SMARTS) is 1. The van der Waals surface area contributed by atoms with E-state index in [2.05, 4.69) is 0 Å². The largest absolute Gasteiger partial charge is 0.481 e. The minimum Gasteiger partial charge on any atom is -0.481 e. The smallest absolute Gasteiger partial charge is 0.304 e. The van der Waals surface area contributed by atoms with Crippen LogP contribution in [0.25, 0.3) is 0 Å².